The third-order valence-electron chi connectivity index (χ3n) is 3.22. The molecule has 1 fully saturated rings. The van der Waals surface area contributed by atoms with Crippen LogP contribution < -0.4 is 5.32 Å². The minimum atomic E-state index is -0.606. The maximum absolute atomic E-state index is 12.4. The summed E-state index contributed by atoms with van der Waals surface area (Å²) in [5, 5.41) is 14.4. The van der Waals surface area contributed by atoms with Crippen molar-refractivity contribution in [2.75, 3.05) is 33.3 Å². The summed E-state index contributed by atoms with van der Waals surface area (Å²) < 4.78 is 5.52. The Balaban J connectivity index is 2.13. The molecule has 1 atom stereocenters. The molecule has 0 bridgehead atoms. The SMILES string of the molecule is CN(CC1CNCCO1)C(=O)c1ccc(Cl)cc1[N+](=O)[O-]. The van der Waals surface area contributed by atoms with Gasteiger partial charge in [0.1, 0.15) is 5.56 Å². The maximum atomic E-state index is 12.4. The molecule has 2 rings (SSSR count). The van der Waals surface area contributed by atoms with Crippen LogP contribution >= 0.6 is 11.6 Å². The fourth-order valence-electron chi connectivity index (χ4n) is 2.17. The van der Waals surface area contributed by atoms with E-state index in [-0.39, 0.29) is 22.4 Å². The molecule has 1 aromatic rings. The van der Waals surface area contributed by atoms with E-state index >= 15 is 0 Å². The molecule has 0 aromatic heterocycles. The lowest BCUT2D eigenvalue weighted by Gasteiger charge is -2.28. The van der Waals surface area contributed by atoms with Gasteiger partial charge >= 0.3 is 0 Å². The minimum absolute atomic E-state index is 0.0238. The van der Waals surface area contributed by atoms with E-state index in [9.17, 15) is 14.9 Å². The molecule has 0 spiro atoms. The lowest BCUT2D eigenvalue weighted by Crippen LogP contribution is -2.45. The van der Waals surface area contributed by atoms with Crippen molar-refractivity contribution in [3.8, 4) is 0 Å². The number of nitrogens with one attached hydrogen (secondary N) is 1. The van der Waals surface area contributed by atoms with Crippen molar-refractivity contribution in [1.29, 1.82) is 0 Å². The summed E-state index contributed by atoms with van der Waals surface area (Å²) in [4.78, 5) is 24.2. The number of nitro groups is 1. The van der Waals surface area contributed by atoms with Gasteiger partial charge in [-0.3, -0.25) is 14.9 Å². The van der Waals surface area contributed by atoms with Crippen molar-refractivity contribution in [3.05, 3.63) is 38.9 Å². The van der Waals surface area contributed by atoms with E-state index in [1.807, 2.05) is 0 Å². The molecular formula is C13H16ClN3O4. The number of halogens is 1. The van der Waals surface area contributed by atoms with E-state index in [0.717, 1.165) is 6.54 Å². The molecule has 114 valence electrons. The number of amides is 1. The second kappa shape index (κ2) is 6.84. The van der Waals surface area contributed by atoms with Gasteiger partial charge < -0.3 is 15.0 Å². The zero-order chi connectivity index (χ0) is 15.4. The summed E-state index contributed by atoms with van der Waals surface area (Å²) in [7, 11) is 1.60. The van der Waals surface area contributed by atoms with Crippen LogP contribution in [0.2, 0.25) is 5.02 Å². The lowest BCUT2D eigenvalue weighted by molar-refractivity contribution is -0.385. The highest BCUT2D eigenvalue weighted by molar-refractivity contribution is 6.31. The normalized spacial score (nSPS) is 18.3. The Morgan fingerprint density at radius 3 is 3.00 bits per heavy atom. The predicted octanol–water partition coefficient (Wildman–Crippen LogP) is 1.31. The van der Waals surface area contributed by atoms with E-state index in [1.54, 1.807) is 7.05 Å². The number of morpholine rings is 1. The van der Waals surface area contributed by atoms with Crippen LogP contribution in [0.5, 0.6) is 0 Å². The van der Waals surface area contributed by atoms with Gasteiger partial charge in [-0.1, -0.05) is 11.6 Å². The van der Waals surface area contributed by atoms with E-state index in [1.165, 1.54) is 23.1 Å². The molecular weight excluding hydrogens is 298 g/mol. The lowest BCUT2D eigenvalue weighted by atomic mass is 10.1. The van der Waals surface area contributed by atoms with Gasteiger partial charge in [0.2, 0.25) is 0 Å². The molecule has 1 aromatic carbocycles. The first-order valence-corrected chi connectivity index (χ1v) is 6.88. The molecule has 21 heavy (non-hydrogen) atoms. The number of nitro benzene ring substituents is 1. The topological polar surface area (TPSA) is 84.7 Å². The Kier molecular flexibility index (Phi) is 5.11. The third kappa shape index (κ3) is 3.90. The third-order valence-corrected chi connectivity index (χ3v) is 3.45. The van der Waals surface area contributed by atoms with Crippen molar-refractivity contribution in [3.63, 3.8) is 0 Å². The van der Waals surface area contributed by atoms with Gasteiger partial charge in [0.05, 0.1) is 17.6 Å². The summed E-state index contributed by atoms with van der Waals surface area (Å²) in [6.07, 6.45) is -0.112. The monoisotopic (exact) mass is 313 g/mol. The van der Waals surface area contributed by atoms with Crippen molar-refractivity contribution in [1.82, 2.24) is 10.2 Å². The van der Waals surface area contributed by atoms with Crippen molar-refractivity contribution >= 4 is 23.2 Å². The van der Waals surface area contributed by atoms with Gasteiger partial charge in [0.15, 0.2) is 0 Å². The van der Waals surface area contributed by atoms with Gasteiger partial charge in [-0.2, -0.15) is 0 Å². The summed E-state index contributed by atoms with van der Waals surface area (Å²) in [5.74, 6) is -0.424. The highest BCUT2D eigenvalue weighted by Crippen LogP contribution is 2.24. The van der Waals surface area contributed by atoms with Crippen LogP contribution in [0.4, 0.5) is 5.69 Å². The molecule has 1 amide bonds. The average Bonchev–Trinajstić information content (AvgIpc) is 2.47. The van der Waals surface area contributed by atoms with E-state index in [0.29, 0.717) is 19.7 Å². The van der Waals surface area contributed by atoms with Gasteiger partial charge in [-0.15, -0.1) is 0 Å². The quantitative estimate of drug-likeness (QED) is 0.669. The Hall–Kier alpha value is -1.70. The molecule has 7 nitrogen and oxygen atoms in total. The Bertz CT molecular complexity index is 546. The number of carbonyl (C=O) groups is 1. The van der Waals surface area contributed by atoms with Crippen LogP contribution in [0.25, 0.3) is 0 Å². The highest BCUT2D eigenvalue weighted by atomic mass is 35.5. The highest BCUT2D eigenvalue weighted by Gasteiger charge is 2.25. The summed E-state index contributed by atoms with van der Waals surface area (Å²) in [6.45, 7) is 2.40. The minimum Gasteiger partial charge on any atom is -0.374 e. The van der Waals surface area contributed by atoms with Crippen LogP contribution in [0.3, 0.4) is 0 Å². The first kappa shape index (κ1) is 15.7. The number of rotatable bonds is 4. The van der Waals surface area contributed by atoms with Crippen LogP contribution in [0.1, 0.15) is 10.4 Å². The summed E-state index contributed by atoms with van der Waals surface area (Å²) >= 11 is 5.74. The zero-order valence-electron chi connectivity index (χ0n) is 11.5. The molecule has 0 aliphatic carbocycles. The van der Waals surface area contributed by atoms with Gasteiger partial charge in [-0.25, -0.2) is 0 Å². The number of hydrogen-bond donors (Lipinski definition) is 1. The van der Waals surface area contributed by atoms with Gasteiger partial charge in [0, 0.05) is 37.8 Å². The molecule has 1 aliphatic heterocycles. The molecule has 1 heterocycles. The van der Waals surface area contributed by atoms with E-state index < -0.39 is 10.8 Å². The van der Waals surface area contributed by atoms with Crippen LogP contribution in [0.15, 0.2) is 18.2 Å². The smallest absolute Gasteiger partial charge is 0.283 e. The Morgan fingerprint density at radius 2 is 2.38 bits per heavy atom. The van der Waals surface area contributed by atoms with E-state index in [4.69, 9.17) is 16.3 Å². The number of nitrogens with zero attached hydrogens (tertiary/aromatic N) is 2. The molecule has 8 heteroatoms. The molecule has 1 unspecified atom stereocenters. The Morgan fingerprint density at radius 1 is 1.62 bits per heavy atom. The van der Waals surface area contributed by atoms with Crippen molar-refractivity contribution in [2.24, 2.45) is 0 Å². The van der Waals surface area contributed by atoms with Crippen LogP contribution in [0, 0.1) is 10.1 Å². The molecule has 1 aliphatic rings. The molecule has 1 saturated heterocycles. The first-order valence-electron chi connectivity index (χ1n) is 6.50. The first-order chi connectivity index (χ1) is 9.99. The fourth-order valence-corrected chi connectivity index (χ4v) is 2.33. The number of carbonyl (C=O) groups excluding carboxylic acids is 1. The predicted molar refractivity (Wildman–Crippen MR) is 77.7 cm³/mol. The van der Waals surface area contributed by atoms with E-state index in [2.05, 4.69) is 5.32 Å². The standard InChI is InChI=1S/C13H16ClN3O4/c1-16(8-10-7-15-4-5-21-10)13(18)11-3-2-9(14)6-12(11)17(19)20/h2-3,6,10,15H,4-5,7-8H2,1H3. The van der Waals surface area contributed by atoms with Crippen molar-refractivity contribution < 1.29 is 14.5 Å². The molecule has 1 N–H and O–H groups in total. The second-order valence-electron chi connectivity index (χ2n) is 4.80. The molecule has 0 saturated carbocycles. The van der Waals surface area contributed by atoms with Gasteiger partial charge in [0.25, 0.3) is 11.6 Å². The maximum Gasteiger partial charge on any atom is 0.283 e. The largest absolute Gasteiger partial charge is 0.374 e. The number of likely N-dealkylation sites (N-methyl/N-ethyl adjacent to an activating group) is 1. The molecule has 0 radical (unpaired) electrons. The zero-order valence-corrected chi connectivity index (χ0v) is 12.3. The van der Waals surface area contributed by atoms with Crippen molar-refractivity contribution in [2.45, 2.75) is 6.10 Å². The number of benzene rings is 1. The average molecular weight is 314 g/mol. The summed E-state index contributed by atoms with van der Waals surface area (Å²) in [5.41, 5.74) is -0.266. The second-order valence-corrected chi connectivity index (χ2v) is 5.24. The van der Waals surface area contributed by atoms with Crippen LogP contribution in [-0.2, 0) is 4.74 Å². The summed E-state index contributed by atoms with van der Waals surface area (Å²) in [6, 6.07) is 4.02. The number of ether oxygens (including phenoxy) is 1. The fraction of sp³-hybridized carbons (Fsp3) is 0.462. The Labute approximate surface area is 127 Å². The number of hydrogen-bond acceptors (Lipinski definition) is 5. The van der Waals surface area contributed by atoms with Gasteiger partial charge in [-0.05, 0) is 12.1 Å². The van der Waals surface area contributed by atoms with Crippen LogP contribution in [-0.4, -0.2) is 55.1 Å².